The maximum atomic E-state index is 14.0. The molecule has 0 radical (unpaired) electrons. The number of fused-ring (bicyclic) bond motifs is 1. The Morgan fingerprint density at radius 3 is 2.81 bits per heavy atom. The monoisotopic (exact) mass is 426 g/mol. The largest absolute Gasteiger partial charge is 0.387 e. The number of carbonyl (C=O) groups is 1. The number of nitrogens with zero attached hydrogens (tertiary/aromatic N) is 5. The number of nitrogens with two attached hydrogens (primary N) is 1. The summed E-state index contributed by atoms with van der Waals surface area (Å²) in [5.41, 5.74) is 5.59. The number of pyridine rings is 2. The Balaban J connectivity index is 1.94. The fourth-order valence-electron chi connectivity index (χ4n) is 2.83. The van der Waals surface area contributed by atoms with Crippen LogP contribution in [-0.4, -0.2) is 55.6 Å². The first-order chi connectivity index (χ1) is 14.7. The minimum absolute atomic E-state index is 0.0761. The molecule has 0 aliphatic rings. The molecule has 31 heavy (non-hydrogen) atoms. The number of aliphatic hydroxyl groups is 1. The number of halogens is 1. The summed E-state index contributed by atoms with van der Waals surface area (Å²) in [6.45, 7) is 4.71. The maximum absolute atomic E-state index is 14.0. The summed E-state index contributed by atoms with van der Waals surface area (Å²) in [5.74, 6) is -0.0838. The molecule has 0 fully saturated rings. The molecule has 1 atom stereocenters. The number of nitrogens with one attached hydrogen (secondary N) is 2. The van der Waals surface area contributed by atoms with Crippen LogP contribution >= 0.6 is 0 Å². The molecule has 0 aliphatic carbocycles. The second kappa shape index (κ2) is 8.53. The van der Waals surface area contributed by atoms with E-state index in [1.807, 2.05) is 13.0 Å². The fraction of sp³-hybridized carbons (Fsp3) is 0.350. The summed E-state index contributed by atoms with van der Waals surface area (Å²) in [5, 5.41) is 29.2. The van der Waals surface area contributed by atoms with Crippen LogP contribution in [0.3, 0.4) is 0 Å². The number of hydrogen-bond donors (Lipinski definition) is 4. The number of alkyl halides is 1. The quantitative estimate of drug-likeness (QED) is 0.443. The van der Waals surface area contributed by atoms with E-state index in [0.29, 0.717) is 29.1 Å². The molecule has 0 aromatic carbocycles. The normalized spacial score (nSPS) is 12.4. The van der Waals surface area contributed by atoms with Gasteiger partial charge in [0.25, 0.3) is 5.91 Å². The highest BCUT2D eigenvalue weighted by atomic mass is 19.1. The van der Waals surface area contributed by atoms with Crippen molar-refractivity contribution in [2.24, 2.45) is 0 Å². The van der Waals surface area contributed by atoms with E-state index >= 15 is 0 Å². The predicted molar refractivity (Wildman–Crippen MR) is 113 cm³/mol. The van der Waals surface area contributed by atoms with Crippen molar-refractivity contribution in [3.8, 4) is 11.9 Å². The van der Waals surface area contributed by atoms with Gasteiger partial charge in [-0.25, -0.2) is 14.4 Å². The van der Waals surface area contributed by atoms with Gasteiger partial charge < -0.3 is 21.5 Å². The van der Waals surface area contributed by atoms with Crippen molar-refractivity contribution < 1.29 is 14.3 Å². The van der Waals surface area contributed by atoms with Gasteiger partial charge in [0.2, 0.25) is 0 Å². The van der Waals surface area contributed by atoms with Crippen LogP contribution in [0.1, 0.15) is 36.7 Å². The highest BCUT2D eigenvalue weighted by Crippen LogP contribution is 2.23. The molecule has 3 heterocycles. The summed E-state index contributed by atoms with van der Waals surface area (Å²) < 4.78 is 15.4. The highest BCUT2D eigenvalue weighted by molar-refractivity contribution is 5.99. The third kappa shape index (κ3) is 4.54. The molecule has 0 bridgehead atoms. The standard InChI is InChI=1S/C20H23FN8O2/c1-4-24-14-6-16(25-9-13(14)19(30)26-10-15(21)20(2,3)31)29-18-12(8-27-29)5-11(7-22)17(23)28-18/h5-6,8-9,15,31H,4,10H2,1-3H3,(H2,23,28)(H,24,25)(H,26,30). The summed E-state index contributed by atoms with van der Waals surface area (Å²) in [4.78, 5) is 21.1. The number of rotatable bonds is 7. The Bertz CT molecular complexity index is 1160. The van der Waals surface area contributed by atoms with Crippen LogP contribution in [0.25, 0.3) is 16.9 Å². The second-order valence-corrected chi connectivity index (χ2v) is 7.45. The third-order valence-electron chi connectivity index (χ3n) is 4.62. The minimum atomic E-state index is -1.63. The van der Waals surface area contributed by atoms with E-state index < -0.39 is 17.7 Å². The lowest BCUT2D eigenvalue weighted by Crippen LogP contribution is -2.42. The lowest BCUT2D eigenvalue weighted by molar-refractivity contribution is -0.00177. The smallest absolute Gasteiger partial charge is 0.255 e. The van der Waals surface area contributed by atoms with Crippen LogP contribution in [0.5, 0.6) is 0 Å². The number of nitriles is 1. The van der Waals surface area contributed by atoms with Gasteiger partial charge in [-0.3, -0.25) is 4.79 Å². The summed E-state index contributed by atoms with van der Waals surface area (Å²) >= 11 is 0. The van der Waals surface area contributed by atoms with Gasteiger partial charge in [-0.15, -0.1) is 0 Å². The maximum Gasteiger partial charge on any atom is 0.255 e. The Morgan fingerprint density at radius 2 is 2.16 bits per heavy atom. The number of carbonyl (C=O) groups excluding carboxylic acids is 1. The molecule has 1 amide bonds. The predicted octanol–water partition coefficient (Wildman–Crippen LogP) is 1.54. The molecule has 10 nitrogen and oxygen atoms in total. The van der Waals surface area contributed by atoms with Crippen molar-refractivity contribution in [3.63, 3.8) is 0 Å². The molecule has 0 spiro atoms. The van der Waals surface area contributed by atoms with Crippen LogP contribution in [0.15, 0.2) is 24.5 Å². The summed E-state index contributed by atoms with van der Waals surface area (Å²) in [6.07, 6.45) is 1.26. The van der Waals surface area contributed by atoms with Crippen molar-refractivity contribution >= 4 is 28.4 Å². The lowest BCUT2D eigenvalue weighted by Gasteiger charge is -2.22. The number of amides is 1. The van der Waals surface area contributed by atoms with Crippen LogP contribution in [-0.2, 0) is 0 Å². The first kappa shape index (κ1) is 21.9. The number of anilines is 2. The third-order valence-corrected chi connectivity index (χ3v) is 4.62. The molecule has 0 saturated carbocycles. The SMILES string of the molecule is CCNc1cc(-n2ncc3cc(C#N)c(N)nc32)ncc1C(=O)NCC(F)C(C)(C)O. The molecular weight excluding hydrogens is 403 g/mol. The number of nitrogen functional groups attached to an aromatic ring is 1. The zero-order valence-corrected chi connectivity index (χ0v) is 17.3. The van der Waals surface area contributed by atoms with Crippen molar-refractivity contribution in [3.05, 3.63) is 35.7 Å². The van der Waals surface area contributed by atoms with Gasteiger partial charge in [0.1, 0.15) is 18.1 Å². The average Bonchev–Trinajstić information content (AvgIpc) is 3.13. The van der Waals surface area contributed by atoms with E-state index in [-0.39, 0.29) is 23.5 Å². The van der Waals surface area contributed by atoms with E-state index in [9.17, 15) is 14.3 Å². The first-order valence-electron chi connectivity index (χ1n) is 9.59. The molecule has 11 heteroatoms. The molecule has 3 rings (SSSR count). The topological polar surface area (TPSA) is 155 Å². The first-order valence-corrected chi connectivity index (χ1v) is 9.59. The van der Waals surface area contributed by atoms with E-state index in [1.165, 1.54) is 30.9 Å². The van der Waals surface area contributed by atoms with Gasteiger partial charge in [0.05, 0.1) is 35.2 Å². The van der Waals surface area contributed by atoms with E-state index in [0.717, 1.165) is 0 Å². The Hall–Kier alpha value is -3.78. The van der Waals surface area contributed by atoms with Crippen LogP contribution in [0.2, 0.25) is 0 Å². The van der Waals surface area contributed by atoms with Crippen molar-refractivity contribution in [1.82, 2.24) is 25.1 Å². The highest BCUT2D eigenvalue weighted by Gasteiger charge is 2.27. The van der Waals surface area contributed by atoms with Crippen molar-refractivity contribution in [1.29, 1.82) is 5.26 Å². The molecule has 5 N–H and O–H groups in total. The van der Waals surface area contributed by atoms with Gasteiger partial charge in [-0.2, -0.15) is 15.0 Å². The molecule has 0 saturated heterocycles. The molecule has 3 aromatic heterocycles. The van der Waals surface area contributed by atoms with Crippen molar-refractivity contribution in [2.45, 2.75) is 32.5 Å². The Kier molecular flexibility index (Phi) is 6.03. The van der Waals surface area contributed by atoms with E-state index in [2.05, 4.69) is 25.7 Å². The number of hydrogen-bond acceptors (Lipinski definition) is 8. The van der Waals surface area contributed by atoms with Crippen LogP contribution in [0, 0.1) is 11.3 Å². The second-order valence-electron chi connectivity index (χ2n) is 7.45. The molecule has 1 unspecified atom stereocenters. The van der Waals surface area contributed by atoms with Gasteiger partial charge in [-0.1, -0.05) is 0 Å². The van der Waals surface area contributed by atoms with Gasteiger partial charge in [0.15, 0.2) is 11.5 Å². The molecular formula is C20H23FN8O2. The Morgan fingerprint density at radius 1 is 1.42 bits per heavy atom. The van der Waals surface area contributed by atoms with Gasteiger partial charge in [-0.05, 0) is 26.8 Å². The minimum Gasteiger partial charge on any atom is -0.387 e. The average molecular weight is 426 g/mol. The Labute approximate surface area is 177 Å². The molecule has 3 aromatic rings. The van der Waals surface area contributed by atoms with Crippen molar-refractivity contribution in [2.75, 3.05) is 24.1 Å². The fourth-order valence-corrected chi connectivity index (χ4v) is 2.83. The summed E-state index contributed by atoms with van der Waals surface area (Å²) in [6, 6.07) is 5.18. The number of aromatic nitrogens is 4. The van der Waals surface area contributed by atoms with E-state index in [1.54, 1.807) is 12.1 Å². The van der Waals surface area contributed by atoms with Gasteiger partial charge >= 0.3 is 0 Å². The zero-order valence-electron chi connectivity index (χ0n) is 17.3. The van der Waals surface area contributed by atoms with E-state index in [4.69, 9.17) is 11.0 Å². The summed E-state index contributed by atoms with van der Waals surface area (Å²) in [7, 11) is 0. The van der Waals surface area contributed by atoms with Crippen LogP contribution < -0.4 is 16.4 Å². The molecule has 0 aliphatic heterocycles. The molecule has 162 valence electrons. The lowest BCUT2D eigenvalue weighted by atomic mass is 10.0. The zero-order chi connectivity index (χ0) is 22.8. The van der Waals surface area contributed by atoms with Gasteiger partial charge in [0, 0.05) is 24.2 Å². The van der Waals surface area contributed by atoms with Crippen LogP contribution in [0.4, 0.5) is 15.9 Å².